The first kappa shape index (κ1) is 10.9. The molecule has 0 aromatic carbocycles. The van der Waals surface area contributed by atoms with E-state index >= 15 is 0 Å². The molecule has 1 saturated heterocycles. The van der Waals surface area contributed by atoms with Gasteiger partial charge in [-0.3, -0.25) is 9.59 Å². The Labute approximate surface area is 94.9 Å². The number of thioether (sulfide) groups is 1. The molecule has 0 spiro atoms. The minimum Gasteiger partial charge on any atom is -0.344 e. The maximum absolute atomic E-state index is 11.7. The van der Waals surface area contributed by atoms with E-state index in [0.717, 1.165) is 11.8 Å². The fraction of sp³-hybridized carbons (Fsp3) is 0.571. The van der Waals surface area contributed by atoms with Gasteiger partial charge in [-0.1, -0.05) is 17.0 Å². The molecule has 0 bridgehead atoms. The van der Waals surface area contributed by atoms with E-state index in [9.17, 15) is 9.59 Å². The Morgan fingerprint density at radius 2 is 2.50 bits per heavy atom. The molecule has 2 unspecified atom stereocenters. The number of tetrazole rings is 1. The zero-order chi connectivity index (χ0) is 11.5. The number of nitrogens with zero attached hydrogens (tertiary/aromatic N) is 3. The average Bonchev–Trinajstić information content (AvgIpc) is 2.87. The zero-order valence-electron chi connectivity index (χ0n) is 8.43. The molecule has 2 amide bonds. The Morgan fingerprint density at radius 3 is 3.06 bits per heavy atom. The molecule has 1 aliphatic rings. The van der Waals surface area contributed by atoms with Crippen molar-refractivity contribution < 1.29 is 9.59 Å². The van der Waals surface area contributed by atoms with Crippen LogP contribution in [0.5, 0.6) is 0 Å². The van der Waals surface area contributed by atoms with Gasteiger partial charge in [0.1, 0.15) is 6.04 Å². The van der Waals surface area contributed by atoms with Gasteiger partial charge in [-0.05, 0) is 6.92 Å². The average molecular weight is 242 g/mol. The number of rotatable bonds is 3. The summed E-state index contributed by atoms with van der Waals surface area (Å²) in [5, 5.41) is 18.3. The lowest BCUT2D eigenvalue weighted by Crippen LogP contribution is -2.43. The molecule has 2 heterocycles. The molecule has 86 valence electrons. The largest absolute Gasteiger partial charge is 0.344 e. The number of hydrogen-bond acceptors (Lipinski definition) is 6. The number of aromatic amines is 1. The molecule has 0 aliphatic carbocycles. The Morgan fingerprint density at radius 1 is 1.69 bits per heavy atom. The zero-order valence-corrected chi connectivity index (χ0v) is 9.24. The Hall–Kier alpha value is -1.64. The minimum atomic E-state index is -0.480. The Balaban J connectivity index is 1.90. The standard InChI is InChI=1S/C7H10N6O2S/c1-3(5-10-12-13-11-5)8-6(14)4-2-16-7(15)9-4/h3-4H,2H2,1H3,(H,8,14)(H,9,15)(H,10,11,12,13). The SMILES string of the molecule is CC(NC(=O)C1CSC(=O)N1)c1nn[nH]n1. The van der Waals surface area contributed by atoms with Gasteiger partial charge in [0.2, 0.25) is 5.91 Å². The van der Waals surface area contributed by atoms with Gasteiger partial charge < -0.3 is 10.6 Å². The van der Waals surface area contributed by atoms with Crippen LogP contribution in [0.4, 0.5) is 4.79 Å². The number of H-pyrrole nitrogens is 1. The van der Waals surface area contributed by atoms with Crippen LogP contribution in [0, 0.1) is 0 Å². The van der Waals surface area contributed by atoms with Gasteiger partial charge in [0.25, 0.3) is 5.24 Å². The molecule has 1 aliphatic heterocycles. The summed E-state index contributed by atoms with van der Waals surface area (Å²) in [6.07, 6.45) is 0. The summed E-state index contributed by atoms with van der Waals surface area (Å²) in [6.45, 7) is 1.74. The third-order valence-electron chi connectivity index (χ3n) is 2.10. The van der Waals surface area contributed by atoms with Gasteiger partial charge in [0, 0.05) is 5.75 Å². The summed E-state index contributed by atoms with van der Waals surface area (Å²) < 4.78 is 0. The van der Waals surface area contributed by atoms with E-state index in [4.69, 9.17) is 0 Å². The van der Waals surface area contributed by atoms with Crippen LogP contribution < -0.4 is 10.6 Å². The highest BCUT2D eigenvalue weighted by Gasteiger charge is 2.29. The highest BCUT2D eigenvalue weighted by atomic mass is 32.2. The Kier molecular flexibility index (Phi) is 3.04. The molecule has 16 heavy (non-hydrogen) atoms. The molecule has 8 nitrogen and oxygen atoms in total. The number of carbonyl (C=O) groups excluding carboxylic acids is 2. The third-order valence-corrected chi connectivity index (χ3v) is 2.98. The molecule has 2 atom stereocenters. The van der Waals surface area contributed by atoms with Crippen molar-refractivity contribution in [2.75, 3.05) is 5.75 Å². The van der Waals surface area contributed by atoms with Crippen molar-refractivity contribution in [3.63, 3.8) is 0 Å². The second-order valence-corrected chi connectivity index (χ2v) is 4.29. The molecular weight excluding hydrogens is 232 g/mol. The molecule has 0 saturated carbocycles. The summed E-state index contributed by atoms with van der Waals surface area (Å²) in [5.41, 5.74) is 0. The van der Waals surface area contributed by atoms with Crippen molar-refractivity contribution in [1.82, 2.24) is 31.3 Å². The van der Waals surface area contributed by atoms with E-state index in [1.54, 1.807) is 6.92 Å². The highest BCUT2D eigenvalue weighted by molar-refractivity contribution is 8.14. The molecule has 2 rings (SSSR count). The lowest BCUT2D eigenvalue weighted by molar-refractivity contribution is -0.122. The first-order valence-corrected chi connectivity index (χ1v) is 5.62. The van der Waals surface area contributed by atoms with E-state index < -0.39 is 6.04 Å². The van der Waals surface area contributed by atoms with E-state index in [0.29, 0.717) is 11.6 Å². The summed E-state index contributed by atoms with van der Waals surface area (Å²) in [4.78, 5) is 22.6. The van der Waals surface area contributed by atoms with Crippen molar-refractivity contribution in [2.45, 2.75) is 19.0 Å². The van der Waals surface area contributed by atoms with E-state index in [2.05, 4.69) is 31.3 Å². The van der Waals surface area contributed by atoms with Crippen LogP contribution >= 0.6 is 11.8 Å². The Bertz CT molecular complexity index is 394. The number of carbonyl (C=O) groups is 2. The van der Waals surface area contributed by atoms with Gasteiger partial charge in [-0.2, -0.15) is 5.21 Å². The lowest BCUT2D eigenvalue weighted by Gasteiger charge is -2.13. The second kappa shape index (κ2) is 4.47. The maximum atomic E-state index is 11.7. The predicted octanol–water partition coefficient (Wildman–Crippen LogP) is -0.798. The van der Waals surface area contributed by atoms with Crippen molar-refractivity contribution >= 4 is 22.9 Å². The van der Waals surface area contributed by atoms with Gasteiger partial charge in [-0.15, -0.1) is 10.2 Å². The van der Waals surface area contributed by atoms with Crippen LogP contribution in [-0.4, -0.2) is 43.6 Å². The fourth-order valence-corrected chi connectivity index (χ4v) is 2.04. The van der Waals surface area contributed by atoms with Crippen LogP contribution in [0.15, 0.2) is 0 Å². The van der Waals surface area contributed by atoms with Crippen LogP contribution in [0.1, 0.15) is 18.8 Å². The lowest BCUT2D eigenvalue weighted by atomic mass is 10.2. The van der Waals surface area contributed by atoms with Crippen molar-refractivity contribution in [2.24, 2.45) is 0 Å². The summed E-state index contributed by atoms with van der Waals surface area (Å²) in [5.74, 6) is 0.616. The first-order valence-electron chi connectivity index (χ1n) is 4.64. The van der Waals surface area contributed by atoms with Crippen LogP contribution in [-0.2, 0) is 4.79 Å². The van der Waals surface area contributed by atoms with Crippen molar-refractivity contribution in [3.05, 3.63) is 5.82 Å². The number of amides is 2. The smallest absolute Gasteiger partial charge is 0.279 e. The van der Waals surface area contributed by atoms with Gasteiger partial charge in [-0.25, -0.2) is 0 Å². The van der Waals surface area contributed by atoms with E-state index in [1.165, 1.54) is 0 Å². The topological polar surface area (TPSA) is 113 Å². The van der Waals surface area contributed by atoms with Gasteiger partial charge >= 0.3 is 0 Å². The normalized spacial score (nSPS) is 21.6. The summed E-state index contributed by atoms with van der Waals surface area (Å²) >= 11 is 1.10. The molecule has 1 aromatic heterocycles. The first-order chi connectivity index (χ1) is 7.66. The number of hydrogen-bond donors (Lipinski definition) is 3. The highest BCUT2D eigenvalue weighted by Crippen LogP contribution is 2.14. The monoisotopic (exact) mass is 242 g/mol. The molecule has 1 fully saturated rings. The fourth-order valence-electron chi connectivity index (χ4n) is 1.26. The van der Waals surface area contributed by atoms with Crippen LogP contribution in [0.2, 0.25) is 0 Å². The minimum absolute atomic E-state index is 0.174. The van der Waals surface area contributed by atoms with Crippen molar-refractivity contribution in [3.8, 4) is 0 Å². The second-order valence-electron chi connectivity index (χ2n) is 3.30. The van der Waals surface area contributed by atoms with Gasteiger partial charge in [0.15, 0.2) is 5.82 Å². The molecular formula is C7H10N6O2S. The van der Waals surface area contributed by atoms with Crippen LogP contribution in [0.3, 0.4) is 0 Å². The molecule has 9 heteroatoms. The molecule has 1 aromatic rings. The van der Waals surface area contributed by atoms with Crippen LogP contribution in [0.25, 0.3) is 0 Å². The summed E-state index contributed by atoms with van der Waals surface area (Å²) in [6, 6.07) is -0.819. The molecule has 0 radical (unpaired) electrons. The predicted molar refractivity (Wildman–Crippen MR) is 55.5 cm³/mol. The van der Waals surface area contributed by atoms with E-state index in [1.807, 2.05) is 0 Å². The van der Waals surface area contributed by atoms with Gasteiger partial charge in [0.05, 0.1) is 6.04 Å². The van der Waals surface area contributed by atoms with Crippen molar-refractivity contribution in [1.29, 1.82) is 0 Å². The van der Waals surface area contributed by atoms with E-state index in [-0.39, 0.29) is 17.2 Å². The summed E-state index contributed by atoms with van der Waals surface area (Å²) in [7, 11) is 0. The quantitative estimate of drug-likeness (QED) is 0.639. The molecule has 3 N–H and O–H groups in total. The maximum Gasteiger partial charge on any atom is 0.279 e. The third kappa shape index (κ3) is 2.30. The number of nitrogens with one attached hydrogen (secondary N) is 3. The number of aromatic nitrogens is 4.